The summed E-state index contributed by atoms with van der Waals surface area (Å²) in [5.74, 6) is 0.680. The lowest BCUT2D eigenvalue weighted by Crippen LogP contribution is -2.59. The normalized spacial score (nSPS) is 30.3. The standard InChI is InChI=1S/C20H27N5O2/c1-19(2)11-20(12-24-5-7-27-8-6-24)13-25(10-17(19)20)18(26)14-3-4-15-16(9-14)22-23-21-15/h3-4,9,17H,5-8,10-13H2,1-2H3,(H,21,22,23)/t17-,20+/m1/s1. The van der Waals surface area contributed by atoms with Gasteiger partial charge in [0.25, 0.3) is 5.91 Å². The molecular formula is C20H27N5O2. The maximum Gasteiger partial charge on any atom is 0.253 e. The largest absolute Gasteiger partial charge is 0.379 e. The van der Waals surface area contributed by atoms with E-state index in [9.17, 15) is 4.79 Å². The molecule has 7 nitrogen and oxygen atoms in total. The van der Waals surface area contributed by atoms with E-state index in [1.165, 1.54) is 6.42 Å². The lowest BCUT2D eigenvalue weighted by molar-refractivity contribution is -0.0966. The van der Waals surface area contributed by atoms with Gasteiger partial charge < -0.3 is 9.64 Å². The first kappa shape index (κ1) is 17.1. The molecule has 3 aliphatic rings. The third-order valence-electron chi connectivity index (χ3n) is 6.89. The summed E-state index contributed by atoms with van der Waals surface area (Å²) in [6, 6.07) is 5.58. The molecule has 2 aliphatic heterocycles. The Morgan fingerprint density at radius 1 is 1.26 bits per heavy atom. The molecule has 7 heteroatoms. The number of nitrogens with one attached hydrogen (secondary N) is 1. The number of hydrogen-bond donors (Lipinski definition) is 1. The van der Waals surface area contributed by atoms with Crippen LogP contribution < -0.4 is 0 Å². The molecule has 0 bridgehead atoms. The number of hydrogen-bond acceptors (Lipinski definition) is 5. The number of rotatable bonds is 3. The van der Waals surface area contributed by atoms with Gasteiger partial charge in [0.2, 0.25) is 0 Å². The van der Waals surface area contributed by atoms with Gasteiger partial charge in [-0.05, 0) is 36.0 Å². The lowest BCUT2D eigenvalue weighted by Gasteiger charge is -2.58. The number of aromatic nitrogens is 3. The van der Waals surface area contributed by atoms with E-state index in [-0.39, 0.29) is 11.3 Å². The second-order valence-electron chi connectivity index (χ2n) is 9.18. The van der Waals surface area contributed by atoms with Crippen LogP contribution in [0.1, 0.15) is 30.6 Å². The summed E-state index contributed by atoms with van der Waals surface area (Å²) in [6.07, 6.45) is 1.19. The Labute approximate surface area is 159 Å². The molecule has 3 heterocycles. The van der Waals surface area contributed by atoms with Crippen LogP contribution in [0.15, 0.2) is 18.2 Å². The van der Waals surface area contributed by atoms with E-state index >= 15 is 0 Å². The summed E-state index contributed by atoms with van der Waals surface area (Å²) in [4.78, 5) is 17.8. The highest BCUT2D eigenvalue weighted by Crippen LogP contribution is 2.63. The van der Waals surface area contributed by atoms with Crippen LogP contribution in [0.3, 0.4) is 0 Å². The minimum atomic E-state index is 0.117. The van der Waals surface area contributed by atoms with Crippen molar-refractivity contribution >= 4 is 16.9 Å². The zero-order valence-electron chi connectivity index (χ0n) is 16.1. The first-order chi connectivity index (χ1) is 13.0. The number of aromatic amines is 1. The minimum absolute atomic E-state index is 0.117. The summed E-state index contributed by atoms with van der Waals surface area (Å²) in [6.45, 7) is 11.2. The van der Waals surface area contributed by atoms with E-state index in [1.54, 1.807) is 0 Å². The third kappa shape index (κ3) is 2.75. The Kier molecular flexibility index (Phi) is 3.81. The molecule has 144 valence electrons. The molecule has 2 saturated heterocycles. The van der Waals surface area contributed by atoms with Crippen molar-refractivity contribution in [1.29, 1.82) is 0 Å². The Morgan fingerprint density at radius 3 is 2.81 bits per heavy atom. The monoisotopic (exact) mass is 369 g/mol. The average molecular weight is 369 g/mol. The van der Waals surface area contributed by atoms with Gasteiger partial charge in [-0.1, -0.05) is 13.8 Å². The molecule has 1 N–H and O–H groups in total. The molecule has 0 spiro atoms. The number of ether oxygens (including phenoxy) is 1. The van der Waals surface area contributed by atoms with Gasteiger partial charge in [0.15, 0.2) is 0 Å². The Hall–Kier alpha value is -1.99. The molecule has 2 aromatic rings. The van der Waals surface area contributed by atoms with E-state index < -0.39 is 0 Å². The zero-order chi connectivity index (χ0) is 18.6. The smallest absolute Gasteiger partial charge is 0.253 e. The summed E-state index contributed by atoms with van der Waals surface area (Å²) < 4.78 is 5.51. The van der Waals surface area contributed by atoms with Gasteiger partial charge in [-0.15, -0.1) is 0 Å². The van der Waals surface area contributed by atoms with E-state index in [1.807, 2.05) is 18.2 Å². The number of benzene rings is 1. The number of carbonyl (C=O) groups is 1. The summed E-state index contributed by atoms with van der Waals surface area (Å²) in [5, 5.41) is 10.8. The predicted molar refractivity (Wildman–Crippen MR) is 101 cm³/mol. The van der Waals surface area contributed by atoms with Gasteiger partial charge in [-0.2, -0.15) is 15.4 Å². The number of amides is 1. The van der Waals surface area contributed by atoms with E-state index in [4.69, 9.17) is 4.74 Å². The molecule has 2 atom stereocenters. The van der Waals surface area contributed by atoms with Crippen LogP contribution in [0.25, 0.3) is 11.0 Å². The fourth-order valence-corrected chi connectivity index (χ4v) is 5.85. The Morgan fingerprint density at radius 2 is 2.04 bits per heavy atom. The van der Waals surface area contributed by atoms with Crippen molar-refractivity contribution in [1.82, 2.24) is 25.2 Å². The molecule has 1 aromatic carbocycles. The van der Waals surface area contributed by atoms with Gasteiger partial charge in [0.1, 0.15) is 11.0 Å². The number of morpholine rings is 1. The topological polar surface area (TPSA) is 74.3 Å². The number of H-pyrrole nitrogens is 1. The van der Waals surface area contributed by atoms with Crippen LogP contribution in [-0.4, -0.2) is 77.1 Å². The number of nitrogens with zero attached hydrogens (tertiary/aromatic N) is 4. The van der Waals surface area contributed by atoms with Crippen molar-refractivity contribution in [3.8, 4) is 0 Å². The summed E-state index contributed by atoms with van der Waals surface area (Å²) in [5.41, 5.74) is 2.77. The summed E-state index contributed by atoms with van der Waals surface area (Å²) >= 11 is 0. The van der Waals surface area contributed by atoms with Gasteiger partial charge in [-0.25, -0.2) is 0 Å². The highest BCUT2D eigenvalue weighted by molar-refractivity contribution is 5.97. The number of likely N-dealkylation sites (tertiary alicyclic amines) is 1. The molecule has 1 aliphatic carbocycles. The van der Waals surface area contributed by atoms with Gasteiger partial charge >= 0.3 is 0 Å². The first-order valence-electron chi connectivity index (χ1n) is 9.87. The maximum atomic E-state index is 13.2. The average Bonchev–Trinajstić information content (AvgIpc) is 3.24. The van der Waals surface area contributed by atoms with Crippen molar-refractivity contribution in [2.75, 3.05) is 45.9 Å². The highest BCUT2D eigenvalue weighted by atomic mass is 16.5. The molecule has 27 heavy (non-hydrogen) atoms. The zero-order valence-corrected chi connectivity index (χ0v) is 16.1. The van der Waals surface area contributed by atoms with E-state index in [2.05, 4.69) is 39.1 Å². The van der Waals surface area contributed by atoms with Crippen molar-refractivity contribution < 1.29 is 9.53 Å². The lowest BCUT2D eigenvalue weighted by atomic mass is 9.48. The Bertz CT molecular complexity index is 872. The van der Waals surface area contributed by atoms with Crippen molar-refractivity contribution in [3.63, 3.8) is 0 Å². The van der Waals surface area contributed by atoms with Crippen LogP contribution in [0, 0.1) is 16.7 Å². The maximum absolute atomic E-state index is 13.2. The number of fused-ring (bicyclic) bond motifs is 2. The van der Waals surface area contributed by atoms with Crippen LogP contribution in [0.2, 0.25) is 0 Å². The number of carbonyl (C=O) groups excluding carboxylic acids is 1. The van der Waals surface area contributed by atoms with Crippen LogP contribution in [-0.2, 0) is 4.74 Å². The van der Waals surface area contributed by atoms with Gasteiger partial charge in [0, 0.05) is 43.7 Å². The molecule has 0 unspecified atom stereocenters. The molecule has 3 fully saturated rings. The Balaban J connectivity index is 1.37. The molecular weight excluding hydrogens is 342 g/mol. The van der Waals surface area contributed by atoms with Crippen LogP contribution >= 0.6 is 0 Å². The van der Waals surface area contributed by atoms with E-state index in [0.717, 1.165) is 57.0 Å². The quantitative estimate of drug-likeness (QED) is 0.893. The molecule has 5 rings (SSSR count). The second kappa shape index (κ2) is 6.01. The van der Waals surface area contributed by atoms with Crippen molar-refractivity contribution in [2.24, 2.45) is 16.7 Å². The van der Waals surface area contributed by atoms with Gasteiger partial charge in [-0.3, -0.25) is 9.69 Å². The minimum Gasteiger partial charge on any atom is -0.379 e. The molecule has 1 aromatic heterocycles. The molecule has 0 radical (unpaired) electrons. The van der Waals surface area contributed by atoms with Crippen molar-refractivity contribution in [2.45, 2.75) is 20.3 Å². The van der Waals surface area contributed by atoms with E-state index in [0.29, 0.717) is 16.9 Å². The highest BCUT2D eigenvalue weighted by Gasteiger charge is 2.63. The molecule has 1 saturated carbocycles. The second-order valence-corrected chi connectivity index (χ2v) is 9.18. The first-order valence-corrected chi connectivity index (χ1v) is 9.87. The molecule has 1 amide bonds. The van der Waals surface area contributed by atoms with Crippen LogP contribution in [0.4, 0.5) is 0 Å². The fourth-order valence-electron chi connectivity index (χ4n) is 5.85. The van der Waals surface area contributed by atoms with Crippen molar-refractivity contribution in [3.05, 3.63) is 23.8 Å². The van der Waals surface area contributed by atoms with Gasteiger partial charge in [0.05, 0.1) is 13.2 Å². The fraction of sp³-hybridized carbons (Fsp3) is 0.650. The SMILES string of the molecule is CC1(C)C[C@]2(CN3CCOCC3)CN(C(=O)c3ccc4n[nH]nc4c3)C[C@H]12. The third-order valence-corrected chi connectivity index (χ3v) is 6.89. The summed E-state index contributed by atoms with van der Waals surface area (Å²) in [7, 11) is 0. The predicted octanol–water partition coefficient (Wildman–Crippen LogP) is 1.78. The van der Waals surface area contributed by atoms with Crippen LogP contribution in [0.5, 0.6) is 0 Å².